The van der Waals surface area contributed by atoms with E-state index in [4.69, 9.17) is 15.2 Å². The first-order valence-corrected chi connectivity index (χ1v) is 6.79. The summed E-state index contributed by atoms with van der Waals surface area (Å²) in [6, 6.07) is 6.06. The number of nitrogens with two attached hydrogens (primary N) is 1. The molecule has 1 unspecified atom stereocenters. The van der Waals surface area contributed by atoms with Gasteiger partial charge in [0.05, 0.1) is 14.2 Å². The van der Waals surface area contributed by atoms with Gasteiger partial charge in [-0.15, -0.1) is 0 Å². The van der Waals surface area contributed by atoms with Crippen molar-refractivity contribution in [3.8, 4) is 11.5 Å². The Hall–Kier alpha value is -1.30. The molecule has 1 atom stereocenters. The van der Waals surface area contributed by atoms with Crippen LogP contribution in [0, 0.1) is 0 Å². The fraction of sp³-hybridized carbons (Fsp3) is 0.600. The van der Waals surface area contributed by atoms with E-state index in [1.54, 1.807) is 14.2 Å². The first-order chi connectivity index (χ1) is 9.51. The Bertz CT molecular complexity index is 388. The number of rotatable bonds is 8. The van der Waals surface area contributed by atoms with Gasteiger partial charge in [-0.25, -0.2) is 0 Å². The van der Waals surface area contributed by atoms with Gasteiger partial charge in [0.15, 0.2) is 0 Å². The summed E-state index contributed by atoms with van der Waals surface area (Å²) in [5, 5.41) is 0. The average Bonchev–Trinajstić information content (AvgIpc) is 2.45. The summed E-state index contributed by atoms with van der Waals surface area (Å²) in [7, 11) is 9.55. The highest BCUT2D eigenvalue weighted by atomic mass is 16.5. The van der Waals surface area contributed by atoms with Crippen molar-refractivity contribution >= 4 is 0 Å². The van der Waals surface area contributed by atoms with Crippen molar-refractivity contribution in [3.63, 3.8) is 0 Å². The second-order valence-electron chi connectivity index (χ2n) is 5.18. The van der Waals surface area contributed by atoms with Crippen LogP contribution in [0.15, 0.2) is 18.2 Å². The van der Waals surface area contributed by atoms with Crippen LogP contribution in [-0.4, -0.2) is 64.8 Å². The molecule has 114 valence electrons. The van der Waals surface area contributed by atoms with Crippen LogP contribution in [0.25, 0.3) is 0 Å². The van der Waals surface area contributed by atoms with Crippen molar-refractivity contribution in [1.82, 2.24) is 9.80 Å². The monoisotopic (exact) mass is 281 g/mol. The molecule has 0 radical (unpaired) electrons. The first kappa shape index (κ1) is 16.8. The molecule has 5 heteroatoms. The molecule has 0 aromatic heterocycles. The van der Waals surface area contributed by atoms with E-state index in [1.165, 1.54) is 0 Å². The third kappa shape index (κ3) is 4.67. The van der Waals surface area contributed by atoms with Crippen molar-refractivity contribution in [2.45, 2.75) is 6.04 Å². The molecule has 0 saturated carbocycles. The van der Waals surface area contributed by atoms with Crippen molar-refractivity contribution in [2.75, 3.05) is 55.0 Å². The second-order valence-corrected chi connectivity index (χ2v) is 5.18. The maximum Gasteiger partial charge on any atom is 0.122 e. The van der Waals surface area contributed by atoms with Gasteiger partial charge in [0.2, 0.25) is 0 Å². The topological polar surface area (TPSA) is 51.0 Å². The Balaban J connectivity index is 2.92. The number of likely N-dealkylation sites (N-methyl/N-ethyl adjacent to an activating group) is 2. The second kappa shape index (κ2) is 8.09. The van der Waals surface area contributed by atoms with Crippen molar-refractivity contribution < 1.29 is 9.47 Å². The molecule has 0 fully saturated rings. The van der Waals surface area contributed by atoms with E-state index < -0.39 is 0 Å². The average molecular weight is 281 g/mol. The third-order valence-electron chi connectivity index (χ3n) is 3.41. The van der Waals surface area contributed by atoms with Crippen molar-refractivity contribution in [2.24, 2.45) is 5.73 Å². The van der Waals surface area contributed by atoms with Crippen molar-refractivity contribution in [3.05, 3.63) is 23.8 Å². The summed E-state index contributed by atoms with van der Waals surface area (Å²) in [6.07, 6.45) is 0. The van der Waals surface area contributed by atoms with Gasteiger partial charge < -0.3 is 20.1 Å². The molecular weight excluding hydrogens is 254 g/mol. The van der Waals surface area contributed by atoms with E-state index in [9.17, 15) is 0 Å². The Labute approximate surface area is 122 Å². The minimum atomic E-state index is 0.152. The number of ether oxygens (including phenoxy) is 2. The summed E-state index contributed by atoms with van der Waals surface area (Å²) in [5.41, 5.74) is 7.07. The summed E-state index contributed by atoms with van der Waals surface area (Å²) in [5.74, 6) is 1.58. The molecule has 1 aromatic rings. The largest absolute Gasteiger partial charge is 0.497 e. The molecule has 1 aromatic carbocycles. The van der Waals surface area contributed by atoms with Crippen LogP contribution in [0.2, 0.25) is 0 Å². The van der Waals surface area contributed by atoms with Gasteiger partial charge in [-0.1, -0.05) is 0 Å². The lowest BCUT2D eigenvalue weighted by molar-refractivity contribution is 0.222. The normalized spacial score (nSPS) is 12.8. The molecule has 0 aliphatic carbocycles. The van der Waals surface area contributed by atoms with Gasteiger partial charge in [0, 0.05) is 31.7 Å². The maximum atomic E-state index is 5.96. The van der Waals surface area contributed by atoms with Crippen LogP contribution in [0.4, 0.5) is 0 Å². The molecule has 0 saturated heterocycles. The highest BCUT2D eigenvalue weighted by molar-refractivity contribution is 5.40. The standard InChI is InChI=1S/C15H27N3O2/c1-17(2)6-7-18(3)15(11-16)12-8-13(19-4)10-14(9-12)20-5/h8-10,15H,6-7,11,16H2,1-5H3. The van der Waals surface area contributed by atoms with E-state index in [0.29, 0.717) is 6.54 Å². The van der Waals surface area contributed by atoms with Crippen molar-refractivity contribution in [1.29, 1.82) is 0 Å². The summed E-state index contributed by atoms with van der Waals surface area (Å²) >= 11 is 0. The fourth-order valence-electron chi connectivity index (χ4n) is 2.11. The minimum absolute atomic E-state index is 0.152. The van der Waals surface area contributed by atoms with Crippen LogP contribution in [-0.2, 0) is 0 Å². The Morgan fingerprint density at radius 1 is 1.00 bits per heavy atom. The van der Waals surface area contributed by atoms with Gasteiger partial charge in [-0.2, -0.15) is 0 Å². The molecule has 0 amide bonds. The molecule has 20 heavy (non-hydrogen) atoms. The number of benzene rings is 1. The van der Waals surface area contributed by atoms with Gasteiger partial charge in [0.1, 0.15) is 11.5 Å². The Morgan fingerprint density at radius 2 is 1.55 bits per heavy atom. The fourth-order valence-corrected chi connectivity index (χ4v) is 2.11. The number of methoxy groups -OCH3 is 2. The van der Waals surface area contributed by atoms with Crippen LogP contribution in [0.1, 0.15) is 11.6 Å². The predicted molar refractivity (Wildman–Crippen MR) is 82.5 cm³/mol. The quantitative estimate of drug-likeness (QED) is 0.776. The zero-order chi connectivity index (χ0) is 15.1. The lowest BCUT2D eigenvalue weighted by atomic mass is 10.0. The predicted octanol–water partition coefficient (Wildman–Crippen LogP) is 1.20. The van der Waals surface area contributed by atoms with Crippen LogP contribution >= 0.6 is 0 Å². The van der Waals surface area contributed by atoms with Gasteiger partial charge in [0.25, 0.3) is 0 Å². The van der Waals surface area contributed by atoms with Gasteiger partial charge >= 0.3 is 0 Å². The molecule has 0 aliphatic rings. The molecule has 0 aliphatic heterocycles. The third-order valence-corrected chi connectivity index (χ3v) is 3.41. The van der Waals surface area contributed by atoms with Crippen LogP contribution in [0.5, 0.6) is 11.5 Å². The minimum Gasteiger partial charge on any atom is -0.497 e. The molecule has 0 bridgehead atoms. The highest BCUT2D eigenvalue weighted by Gasteiger charge is 2.17. The number of hydrogen-bond acceptors (Lipinski definition) is 5. The van der Waals surface area contributed by atoms with Crippen LogP contribution < -0.4 is 15.2 Å². The highest BCUT2D eigenvalue weighted by Crippen LogP contribution is 2.28. The van der Waals surface area contributed by atoms with Gasteiger partial charge in [-0.05, 0) is 38.8 Å². The molecule has 1 rings (SSSR count). The molecular formula is C15H27N3O2. The van der Waals surface area contributed by atoms with Crippen LogP contribution in [0.3, 0.4) is 0 Å². The Kier molecular flexibility index (Phi) is 6.78. The van der Waals surface area contributed by atoms with Gasteiger partial charge in [-0.3, -0.25) is 4.90 Å². The smallest absolute Gasteiger partial charge is 0.122 e. The number of hydrogen-bond donors (Lipinski definition) is 1. The summed E-state index contributed by atoms with van der Waals surface area (Å²) in [6.45, 7) is 2.50. The first-order valence-electron chi connectivity index (χ1n) is 6.79. The lowest BCUT2D eigenvalue weighted by Gasteiger charge is -2.29. The molecule has 0 spiro atoms. The van der Waals surface area contributed by atoms with E-state index in [-0.39, 0.29) is 6.04 Å². The zero-order valence-electron chi connectivity index (χ0n) is 13.2. The molecule has 0 heterocycles. The van der Waals surface area contributed by atoms with E-state index in [2.05, 4.69) is 30.9 Å². The van der Waals surface area contributed by atoms with E-state index in [1.807, 2.05) is 18.2 Å². The SMILES string of the molecule is COc1cc(OC)cc(C(CN)N(C)CCN(C)C)c1. The zero-order valence-corrected chi connectivity index (χ0v) is 13.2. The molecule has 5 nitrogen and oxygen atoms in total. The summed E-state index contributed by atoms with van der Waals surface area (Å²) in [4.78, 5) is 4.42. The van der Waals surface area contributed by atoms with E-state index in [0.717, 1.165) is 30.2 Å². The Morgan fingerprint density at radius 3 is 1.95 bits per heavy atom. The molecule has 2 N–H and O–H groups in total. The van der Waals surface area contributed by atoms with E-state index >= 15 is 0 Å². The lowest BCUT2D eigenvalue weighted by Crippen LogP contribution is -2.35. The maximum absolute atomic E-state index is 5.96. The summed E-state index contributed by atoms with van der Waals surface area (Å²) < 4.78 is 10.6. The number of nitrogens with zero attached hydrogens (tertiary/aromatic N) is 2.